The molecular weight excluding hydrogens is 290 g/mol. The van der Waals surface area contributed by atoms with Crippen molar-refractivity contribution in [3.05, 3.63) is 29.8 Å². The standard InChI is InChI=1S/C18H29N3O2/c1-14(2)12-17(19)18(22)21-10-8-20(9-11-21)13-15-4-6-16(23-3)7-5-15/h4-7,14,17H,8-13,19H2,1-3H3/t17-/m0/s1. The van der Waals surface area contributed by atoms with Crippen LogP contribution in [0.4, 0.5) is 0 Å². The normalized spacial score (nSPS) is 17.3. The third-order valence-corrected chi connectivity index (χ3v) is 4.29. The van der Waals surface area contributed by atoms with Gasteiger partial charge < -0.3 is 15.4 Å². The molecular formula is C18H29N3O2. The summed E-state index contributed by atoms with van der Waals surface area (Å²) in [5.74, 6) is 1.43. The third-order valence-electron chi connectivity index (χ3n) is 4.29. The molecule has 0 aliphatic carbocycles. The first-order valence-corrected chi connectivity index (χ1v) is 8.39. The number of hydrogen-bond acceptors (Lipinski definition) is 4. The van der Waals surface area contributed by atoms with Crippen LogP contribution in [0, 0.1) is 5.92 Å². The number of piperazine rings is 1. The van der Waals surface area contributed by atoms with E-state index in [-0.39, 0.29) is 11.9 Å². The molecule has 0 unspecified atom stereocenters. The number of nitrogens with two attached hydrogens (primary N) is 1. The van der Waals surface area contributed by atoms with Gasteiger partial charge in [-0.15, -0.1) is 0 Å². The van der Waals surface area contributed by atoms with Crippen LogP contribution in [0.25, 0.3) is 0 Å². The Morgan fingerprint density at radius 2 is 1.78 bits per heavy atom. The van der Waals surface area contributed by atoms with Crippen molar-refractivity contribution in [1.82, 2.24) is 9.80 Å². The van der Waals surface area contributed by atoms with Crippen LogP contribution in [0.3, 0.4) is 0 Å². The molecule has 1 aliphatic rings. The van der Waals surface area contributed by atoms with Crippen LogP contribution < -0.4 is 10.5 Å². The quantitative estimate of drug-likeness (QED) is 0.867. The Hall–Kier alpha value is -1.59. The molecule has 1 atom stereocenters. The van der Waals surface area contributed by atoms with Gasteiger partial charge in [-0.25, -0.2) is 0 Å². The molecule has 0 saturated carbocycles. The molecule has 1 saturated heterocycles. The van der Waals surface area contributed by atoms with Crippen molar-refractivity contribution in [2.75, 3.05) is 33.3 Å². The van der Waals surface area contributed by atoms with Crippen molar-refractivity contribution in [3.8, 4) is 5.75 Å². The number of nitrogens with zero attached hydrogens (tertiary/aromatic N) is 2. The molecule has 1 fully saturated rings. The Bertz CT molecular complexity index is 493. The summed E-state index contributed by atoms with van der Waals surface area (Å²) >= 11 is 0. The SMILES string of the molecule is COc1ccc(CN2CCN(C(=O)[C@@H](N)CC(C)C)CC2)cc1. The van der Waals surface area contributed by atoms with Crippen molar-refractivity contribution < 1.29 is 9.53 Å². The maximum absolute atomic E-state index is 12.3. The summed E-state index contributed by atoms with van der Waals surface area (Å²) in [7, 11) is 1.68. The Morgan fingerprint density at radius 3 is 2.30 bits per heavy atom. The average Bonchev–Trinajstić information content (AvgIpc) is 2.55. The average molecular weight is 319 g/mol. The molecule has 1 aliphatic heterocycles. The van der Waals surface area contributed by atoms with Crippen LogP contribution in [-0.4, -0.2) is 55.0 Å². The number of ether oxygens (including phenoxy) is 1. The fourth-order valence-corrected chi connectivity index (χ4v) is 2.96. The van der Waals surface area contributed by atoms with E-state index < -0.39 is 0 Å². The van der Waals surface area contributed by atoms with Gasteiger partial charge in [0, 0.05) is 32.7 Å². The molecule has 0 spiro atoms. The lowest BCUT2D eigenvalue weighted by atomic mass is 10.0. The van der Waals surface area contributed by atoms with E-state index in [2.05, 4.69) is 30.9 Å². The summed E-state index contributed by atoms with van der Waals surface area (Å²) < 4.78 is 5.18. The highest BCUT2D eigenvalue weighted by Crippen LogP contribution is 2.15. The van der Waals surface area contributed by atoms with Crippen LogP contribution in [0.5, 0.6) is 5.75 Å². The van der Waals surface area contributed by atoms with Crippen LogP contribution in [0.2, 0.25) is 0 Å². The number of rotatable bonds is 6. The van der Waals surface area contributed by atoms with E-state index in [1.807, 2.05) is 17.0 Å². The van der Waals surface area contributed by atoms with Gasteiger partial charge in [0.2, 0.25) is 5.91 Å². The van der Waals surface area contributed by atoms with E-state index in [9.17, 15) is 4.79 Å². The van der Waals surface area contributed by atoms with Crippen LogP contribution in [0.15, 0.2) is 24.3 Å². The number of amides is 1. The first kappa shape index (κ1) is 17.8. The minimum absolute atomic E-state index is 0.0998. The molecule has 0 radical (unpaired) electrons. The maximum atomic E-state index is 12.3. The van der Waals surface area contributed by atoms with Gasteiger partial charge in [0.1, 0.15) is 5.75 Å². The van der Waals surface area contributed by atoms with Gasteiger partial charge in [-0.1, -0.05) is 26.0 Å². The monoisotopic (exact) mass is 319 g/mol. The van der Waals surface area contributed by atoms with Gasteiger partial charge >= 0.3 is 0 Å². The van der Waals surface area contributed by atoms with Crippen LogP contribution >= 0.6 is 0 Å². The molecule has 1 heterocycles. The van der Waals surface area contributed by atoms with E-state index in [4.69, 9.17) is 10.5 Å². The Balaban J connectivity index is 1.80. The maximum Gasteiger partial charge on any atom is 0.239 e. The Morgan fingerprint density at radius 1 is 1.17 bits per heavy atom. The van der Waals surface area contributed by atoms with Gasteiger partial charge in [-0.3, -0.25) is 9.69 Å². The fourth-order valence-electron chi connectivity index (χ4n) is 2.96. The number of benzene rings is 1. The predicted molar refractivity (Wildman–Crippen MR) is 92.3 cm³/mol. The van der Waals surface area contributed by atoms with Crippen molar-refractivity contribution in [2.45, 2.75) is 32.9 Å². The van der Waals surface area contributed by atoms with E-state index >= 15 is 0 Å². The molecule has 2 rings (SSSR count). The molecule has 0 aromatic heterocycles. The molecule has 1 amide bonds. The predicted octanol–water partition coefficient (Wildman–Crippen LogP) is 1.71. The lowest BCUT2D eigenvalue weighted by Gasteiger charge is -2.36. The van der Waals surface area contributed by atoms with Gasteiger partial charge in [0.15, 0.2) is 0 Å². The Kier molecular flexibility index (Phi) is 6.42. The smallest absolute Gasteiger partial charge is 0.239 e. The molecule has 1 aromatic rings. The largest absolute Gasteiger partial charge is 0.497 e. The second-order valence-electron chi connectivity index (χ2n) is 6.69. The highest BCUT2D eigenvalue weighted by Gasteiger charge is 2.25. The molecule has 5 nitrogen and oxygen atoms in total. The van der Waals surface area contributed by atoms with Crippen LogP contribution in [-0.2, 0) is 11.3 Å². The second-order valence-corrected chi connectivity index (χ2v) is 6.69. The van der Waals surface area contributed by atoms with Crippen molar-refractivity contribution >= 4 is 5.91 Å². The number of hydrogen-bond donors (Lipinski definition) is 1. The van der Waals surface area contributed by atoms with E-state index in [0.717, 1.165) is 44.9 Å². The molecule has 1 aromatic carbocycles. The third kappa shape index (κ3) is 5.22. The van der Waals surface area contributed by atoms with Gasteiger partial charge in [-0.05, 0) is 30.0 Å². The van der Waals surface area contributed by atoms with E-state index in [0.29, 0.717) is 5.92 Å². The summed E-state index contributed by atoms with van der Waals surface area (Å²) in [5.41, 5.74) is 7.28. The number of methoxy groups -OCH3 is 1. The summed E-state index contributed by atoms with van der Waals surface area (Å²) in [4.78, 5) is 16.6. The van der Waals surface area contributed by atoms with Gasteiger partial charge in [0.25, 0.3) is 0 Å². The second kappa shape index (κ2) is 8.31. The fraction of sp³-hybridized carbons (Fsp3) is 0.611. The highest BCUT2D eigenvalue weighted by molar-refractivity contribution is 5.81. The van der Waals surface area contributed by atoms with Crippen molar-refractivity contribution in [3.63, 3.8) is 0 Å². The lowest BCUT2D eigenvalue weighted by molar-refractivity contribution is -0.134. The van der Waals surface area contributed by atoms with Gasteiger partial charge in [0.05, 0.1) is 13.2 Å². The molecule has 23 heavy (non-hydrogen) atoms. The van der Waals surface area contributed by atoms with Crippen molar-refractivity contribution in [2.24, 2.45) is 11.7 Å². The zero-order valence-corrected chi connectivity index (χ0v) is 14.5. The summed E-state index contributed by atoms with van der Waals surface area (Å²) in [6.07, 6.45) is 0.755. The summed E-state index contributed by atoms with van der Waals surface area (Å²) in [5, 5.41) is 0. The minimum atomic E-state index is -0.358. The first-order valence-electron chi connectivity index (χ1n) is 8.39. The van der Waals surface area contributed by atoms with Crippen LogP contribution in [0.1, 0.15) is 25.8 Å². The molecule has 2 N–H and O–H groups in total. The zero-order valence-electron chi connectivity index (χ0n) is 14.5. The zero-order chi connectivity index (χ0) is 16.8. The van der Waals surface area contributed by atoms with E-state index in [1.54, 1.807) is 7.11 Å². The van der Waals surface area contributed by atoms with E-state index in [1.165, 1.54) is 5.56 Å². The first-order chi connectivity index (χ1) is 11.0. The molecule has 5 heteroatoms. The molecule has 0 bridgehead atoms. The topological polar surface area (TPSA) is 58.8 Å². The summed E-state index contributed by atoms with van der Waals surface area (Å²) in [6.45, 7) is 8.42. The molecule has 128 valence electrons. The van der Waals surface area contributed by atoms with Crippen molar-refractivity contribution in [1.29, 1.82) is 0 Å². The minimum Gasteiger partial charge on any atom is -0.497 e. The number of carbonyl (C=O) groups is 1. The Labute approximate surface area is 139 Å². The highest BCUT2D eigenvalue weighted by atomic mass is 16.5. The van der Waals surface area contributed by atoms with Gasteiger partial charge in [-0.2, -0.15) is 0 Å². The lowest BCUT2D eigenvalue weighted by Crippen LogP contribution is -2.53. The summed E-state index contributed by atoms with van der Waals surface area (Å²) in [6, 6.07) is 7.80. The number of carbonyl (C=O) groups excluding carboxylic acids is 1.